The Hall–Kier alpha value is 0.110. The van der Waals surface area contributed by atoms with E-state index >= 15 is 0 Å². The molecule has 0 aromatic heterocycles. The summed E-state index contributed by atoms with van der Waals surface area (Å²) in [6, 6.07) is 0. The maximum absolute atomic E-state index is 13.5. The average molecular weight is 561 g/mol. The smallest absolute Gasteiger partial charge is 0.324 e. The Labute approximate surface area is 240 Å². The molecule has 0 saturated carbocycles. The fraction of sp³-hybridized carbons (Fsp3) is 1.00. The molecule has 0 radical (unpaired) electrons. The highest BCUT2D eigenvalue weighted by molar-refractivity contribution is 7.52. The first-order valence-corrected chi connectivity index (χ1v) is 18.5. The summed E-state index contributed by atoms with van der Waals surface area (Å²) in [4.78, 5) is 11.1. The standard InChI is InChI=1S/C33H70NO3P/c1-9-12-15-18-21-24-27-34(8,28-25-22-19-16-13-10-2)32(26-23-20-17-14-11-3)37-38(35,36)30-31(4)29-33(5,6)7/h31-32H,9-30H2,1-8H3/p+1. The normalized spacial score (nSPS) is 15.9. The second-order valence-corrected chi connectivity index (χ2v) is 15.8. The van der Waals surface area contributed by atoms with Gasteiger partial charge < -0.3 is 9.38 Å². The molecule has 0 aliphatic heterocycles. The first kappa shape index (κ1) is 38.1. The molecule has 0 rings (SSSR count). The van der Waals surface area contributed by atoms with E-state index in [2.05, 4.69) is 55.5 Å². The highest BCUT2D eigenvalue weighted by Crippen LogP contribution is 2.48. The molecule has 5 heteroatoms. The van der Waals surface area contributed by atoms with E-state index in [1.54, 1.807) is 0 Å². The van der Waals surface area contributed by atoms with E-state index in [0.717, 1.165) is 36.8 Å². The van der Waals surface area contributed by atoms with Crippen LogP contribution in [0.25, 0.3) is 0 Å². The molecular weight excluding hydrogens is 489 g/mol. The minimum atomic E-state index is -3.67. The van der Waals surface area contributed by atoms with Crippen LogP contribution in [-0.4, -0.2) is 41.9 Å². The van der Waals surface area contributed by atoms with Crippen molar-refractivity contribution < 1.29 is 18.5 Å². The number of rotatable bonds is 26. The number of hydrogen-bond acceptors (Lipinski definition) is 2. The first-order valence-electron chi connectivity index (χ1n) is 16.7. The molecule has 0 fully saturated rings. The van der Waals surface area contributed by atoms with Gasteiger partial charge in [-0.15, -0.1) is 0 Å². The summed E-state index contributed by atoms with van der Waals surface area (Å²) >= 11 is 0. The Morgan fingerprint density at radius 1 is 0.711 bits per heavy atom. The fourth-order valence-electron chi connectivity index (χ4n) is 6.04. The Bertz CT molecular complexity index is 573. The van der Waals surface area contributed by atoms with Crippen LogP contribution in [0.5, 0.6) is 0 Å². The van der Waals surface area contributed by atoms with Crippen molar-refractivity contribution >= 4 is 7.60 Å². The van der Waals surface area contributed by atoms with E-state index in [1.807, 2.05) is 0 Å². The van der Waals surface area contributed by atoms with Gasteiger partial charge in [0.25, 0.3) is 0 Å². The monoisotopic (exact) mass is 561 g/mol. The second-order valence-electron chi connectivity index (χ2n) is 13.9. The third-order valence-corrected chi connectivity index (χ3v) is 9.74. The van der Waals surface area contributed by atoms with Crippen LogP contribution in [0.2, 0.25) is 0 Å². The molecule has 0 saturated heterocycles. The lowest BCUT2D eigenvalue weighted by atomic mass is 9.86. The lowest BCUT2D eigenvalue weighted by Crippen LogP contribution is -2.54. The van der Waals surface area contributed by atoms with Crippen LogP contribution < -0.4 is 0 Å². The van der Waals surface area contributed by atoms with E-state index in [9.17, 15) is 9.46 Å². The van der Waals surface area contributed by atoms with Gasteiger partial charge in [-0.3, -0.25) is 9.09 Å². The molecule has 3 atom stereocenters. The second kappa shape index (κ2) is 21.8. The Morgan fingerprint density at radius 2 is 1.11 bits per heavy atom. The van der Waals surface area contributed by atoms with Crippen molar-refractivity contribution in [3.8, 4) is 0 Å². The summed E-state index contributed by atoms with van der Waals surface area (Å²) in [7, 11) is -1.35. The van der Waals surface area contributed by atoms with Gasteiger partial charge in [0.15, 0.2) is 0 Å². The fourth-order valence-corrected chi connectivity index (χ4v) is 7.76. The van der Waals surface area contributed by atoms with E-state index in [4.69, 9.17) is 4.52 Å². The van der Waals surface area contributed by atoms with Crippen molar-refractivity contribution in [3.63, 3.8) is 0 Å². The summed E-state index contributed by atoms with van der Waals surface area (Å²) in [5.74, 6) is 0.173. The number of quaternary nitrogens is 1. The van der Waals surface area contributed by atoms with Crippen molar-refractivity contribution in [1.82, 2.24) is 0 Å². The topological polar surface area (TPSA) is 46.5 Å². The predicted molar refractivity (Wildman–Crippen MR) is 169 cm³/mol. The largest absolute Gasteiger partial charge is 0.333 e. The van der Waals surface area contributed by atoms with Gasteiger partial charge in [-0.2, -0.15) is 0 Å². The molecule has 0 aromatic carbocycles. The highest BCUT2D eigenvalue weighted by atomic mass is 31.2. The number of unbranched alkanes of at least 4 members (excludes halogenated alkanes) is 14. The van der Waals surface area contributed by atoms with Gasteiger partial charge in [-0.25, -0.2) is 0 Å². The van der Waals surface area contributed by atoms with Crippen LogP contribution in [0.15, 0.2) is 0 Å². The molecule has 230 valence electrons. The maximum Gasteiger partial charge on any atom is 0.333 e. The number of nitrogens with zero attached hydrogens (tertiary/aromatic N) is 1. The summed E-state index contributed by atoms with van der Waals surface area (Å²) in [6.07, 6.45) is 23.3. The minimum Gasteiger partial charge on any atom is -0.324 e. The highest BCUT2D eigenvalue weighted by Gasteiger charge is 2.38. The SMILES string of the molecule is CCCCCCCC[N+](C)(CCCCCCCC)C(CCCCCCC)OP(=O)(O)CC(C)CC(C)(C)C. The molecule has 0 aliphatic rings. The van der Waals surface area contributed by atoms with Gasteiger partial charge in [0, 0.05) is 6.42 Å². The lowest BCUT2D eigenvalue weighted by molar-refractivity contribution is -0.952. The lowest BCUT2D eigenvalue weighted by Gasteiger charge is -2.42. The van der Waals surface area contributed by atoms with Crippen molar-refractivity contribution in [2.75, 3.05) is 26.3 Å². The Morgan fingerprint density at radius 3 is 1.53 bits per heavy atom. The predicted octanol–water partition coefficient (Wildman–Crippen LogP) is 11.1. The molecule has 3 unspecified atom stereocenters. The van der Waals surface area contributed by atoms with Crippen molar-refractivity contribution in [1.29, 1.82) is 0 Å². The van der Waals surface area contributed by atoms with Gasteiger partial charge in [0.1, 0.15) is 0 Å². The molecule has 0 aliphatic carbocycles. The average Bonchev–Trinajstić information content (AvgIpc) is 2.81. The van der Waals surface area contributed by atoms with Gasteiger partial charge in [0.2, 0.25) is 6.23 Å². The molecule has 0 heterocycles. The zero-order valence-electron chi connectivity index (χ0n) is 27.4. The van der Waals surface area contributed by atoms with Crippen LogP contribution >= 0.6 is 7.60 Å². The Kier molecular flexibility index (Phi) is 21.9. The molecule has 38 heavy (non-hydrogen) atoms. The van der Waals surface area contributed by atoms with Gasteiger partial charge in [-0.05, 0) is 49.9 Å². The van der Waals surface area contributed by atoms with Crippen molar-refractivity contribution in [2.24, 2.45) is 11.3 Å². The van der Waals surface area contributed by atoms with E-state index < -0.39 is 7.60 Å². The first-order chi connectivity index (χ1) is 17.9. The van der Waals surface area contributed by atoms with Gasteiger partial charge in [0.05, 0.1) is 26.3 Å². The quantitative estimate of drug-likeness (QED) is 0.0495. The zero-order valence-corrected chi connectivity index (χ0v) is 28.3. The summed E-state index contributed by atoms with van der Waals surface area (Å²) in [6.45, 7) is 17.6. The van der Waals surface area contributed by atoms with Crippen LogP contribution in [0.4, 0.5) is 0 Å². The summed E-state index contributed by atoms with van der Waals surface area (Å²) in [5, 5.41) is 0. The van der Waals surface area contributed by atoms with E-state index in [1.165, 1.54) is 103 Å². The Balaban J connectivity index is 5.51. The third kappa shape index (κ3) is 20.9. The number of hydrogen-bond donors (Lipinski definition) is 1. The third-order valence-electron chi connectivity index (χ3n) is 8.08. The van der Waals surface area contributed by atoms with Gasteiger partial charge in [-0.1, -0.05) is 126 Å². The van der Waals surface area contributed by atoms with Crippen LogP contribution in [0.3, 0.4) is 0 Å². The molecule has 0 bridgehead atoms. The molecule has 1 N–H and O–H groups in total. The van der Waals surface area contributed by atoms with E-state index in [-0.39, 0.29) is 23.7 Å². The van der Waals surface area contributed by atoms with Gasteiger partial charge >= 0.3 is 7.60 Å². The van der Waals surface area contributed by atoms with Crippen molar-refractivity contribution in [3.05, 3.63) is 0 Å². The maximum atomic E-state index is 13.5. The molecule has 0 amide bonds. The molecular formula is C33H71NO3P+. The molecule has 4 nitrogen and oxygen atoms in total. The zero-order chi connectivity index (χ0) is 28.9. The minimum absolute atomic E-state index is 0.151. The summed E-state index contributed by atoms with van der Waals surface area (Å²) < 4.78 is 20.7. The van der Waals surface area contributed by atoms with E-state index in [0.29, 0.717) is 0 Å². The van der Waals surface area contributed by atoms with Crippen molar-refractivity contribution in [2.45, 2.75) is 177 Å². The summed E-state index contributed by atoms with van der Waals surface area (Å²) in [5.41, 5.74) is 0.151. The van der Waals surface area contributed by atoms with Crippen LogP contribution in [0, 0.1) is 11.3 Å². The molecule has 0 spiro atoms. The van der Waals surface area contributed by atoms with Crippen LogP contribution in [0.1, 0.15) is 170 Å². The molecule has 0 aromatic rings. The van der Waals surface area contributed by atoms with Crippen LogP contribution in [-0.2, 0) is 9.09 Å².